The number of para-hydroxylation sites is 2. The maximum Gasteiger partial charge on any atom is 0.250 e. The van der Waals surface area contributed by atoms with Crippen LogP contribution in [0.3, 0.4) is 0 Å². The van der Waals surface area contributed by atoms with E-state index in [0.717, 1.165) is 43.5 Å². The molecular formula is C21H29N3O2. The Morgan fingerprint density at radius 1 is 1.19 bits per heavy atom. The first-order valence-electron chi connectivity index (χ1n) is 10.1. The lowest BCUT2D eigenvalue weighted by molar-refractivity contribution is -0.127. The molecule has 5 heteroatoms. The number of carbonyl (C=O) groups excluding carboxylic acids is 2. The summed E-state index contributed by atoms with van der Waals surface area (Å²) in [5.41, 5.74) is 0.887. The zero-order valence-corrected chi connectivity index (χ0v) is 15.6. The number of fused-ring (bicyclic) bond motifs is 1. The van der Waals surface area contributed by atoms with Gasteiger partial charge in [0.05, 0.1) is 17.9 Å². The van der Waals surface area contributed by atoms with Crippen molar-refractivity contribution in [1.29, 1.82) is 0 Å². The minimum atomic E-state index is -0.703. The van der Waals surface area contributed by atoms with Gasteiger partial charge in [0.1, 0.15) is 5.54 Å². The van der Waals surface area contributed by atoms with Crippen molar-refractivity contribution in [1.82, 2.24) is 5.32 Å². The predicted molar refractivity (Wildman–Crippen MR) is 103 cm³/mol. The summed E-state index contributed by atoms with van der Waals surface area (Å²) in [4.78, 5) is 28.0. The second kappa shape index (κ2) is 7.03. The van der Waals surface area contributed by atoms with E-state index in [4.69, 9.17) is 0 Å². The number of anilines is 2. The van der Waals surface area contributed by atoms with Gasteiger partial charge in [-0.25, -0.2) is 0 Å². The zero-order chi connectivity index (χ0) is 18.1. The fourth-order valence-electron chi connectivity index (χ4n) is 5.05. The summed E-state index contributed by atoms with van der Waals surface area (Å²) in [6.45, 7) is 2.57. The Bertz CT molecular complexity index is 696. The van der Waals surface area contributed by atoms with E-state index >= 15 is 0 Å². The van der Waals surface area contributed by atoms with E-state index in [9.17, 15) is 9.59 Å². The third-order valence-electron chi connectivity index (χ3n) is 6.55. The molecule has 2 saturated carbocycles. The molecule has 2 fully saturated rings. The molecule has 2 unspecified atom stereocenters. The molecule has 1 aliphatic heterocycles. The van der Waals surface area contributed by atoms with E-state index in [1.807, 2.05) is 29.2 Å². The normalized spacial score (nSPS) is 27.3. The van der Waals surface area contributed by atoms with Gasteiger partial charge in [-0.05, 0) is 43.7 Å². The Morgan fingerprint density at radius 2 is 1.92 bits per heavy atom. The summed E-state index contributed by atoms with van der Waals surface area (Å²) in [7, 11) is 0. The molecule has 2 atom stereocenters. The predicted octanol–water partition coefficient (Wildman–Crippen LogP) is 3.45. The fourth-order valence-corrected chi connectivity index (χ4v) is 5.05. The van der Waals surface area contributed by atoms with Crippen molar-refractivity contribution in [3.8, 4) is 0 Å². The van der Waals surface area contributed by atoms with Crippen molar-refractivity contribution in [3.05, 3.63) is 24.3 Å². The minimum Gasteiger partial charge on any atom is -0.322 e. The smallest absolute Gasteiger partial charge is 0.250 e. The lowest BCUT2D eigenvalue weighted by Crippen LogP contribution is -2.62. The number of hydrogen-bond acceptors (Lipinski definition) is 3. The summed E-state index contributed by atoms with van der Waals surface area (Å²) < 4.78 is 0. The number of carbonyl (C=O) groups is 2. The Hall–Kier alpha value is -1.88. The number of nitrogens with one attached hydrogen (secondary N) is 2. The van der Waals surface area contributed by atoms with Crippen LogP contribution in [-0.4, -0.2) is 29.9 Å². The van der Waals surface area contributed by atoms with Crippen molar-refractivity contribution in [2.75, 3.05) is 16.8 Å². The van der Waals surface area contributed by atoms with Crippen LogP contribution in [0.25, 0.3) is 0 Å². The van der Waals surface area contributed by atoms with Crippen LogP contribution < -0.4 is 15.5 Å². The number of benzene rings is 1. The summed E-state index contributed by atoms with van der Waals surface area (Å²) in [6, 6.07) is 8.08. The van der Waals surface area contributed by atoms with Crippen molar-refractivity contribution in [3.63, 3.8) is 0 Å². The maximum atomic E-state index is 13.3. The van der Waals surface area contributed by atoms with Crippen molar-refractivity contribution >= 4 is 23.2 Å². The van der Waals surface area contributed by atoms with Gasteiger partial charge in [0, 0.05) is 6.04 Å². The van der Waals surface area contributed by atoms with Crippen LogP contribution in [-0.2, 0) is 9.59 Å². The lowest BCUT2D eigenvalue weighted by Gasteiger charge is -2.44. The quantitative estimate of drug-likeness (QED) is 0.873. The van der Waals surface area contributed by atoms with E-state index in [2.05, 4.69) is 17.6 Å². The van der Waals surface area contributed by atoms with Gasteiger partial charge in [-0.15, -0.1) is 0 Å². The Morgan fingerprint density at radius 3 is 2.69 bits per heavy atom. The Labute approximate surface area is 155 Å². The van der Waals surface area contributed by atoms with E-state index in [1.54, 1.807) is 0 Å². The second-order valence-electron chi connectivity index (χ2n) is 8.19. The standard InChI is InChI=1S/C21H29N3O2/c1-15-8-2-3-9-16(15)22-14-19(25)24-18-11-5-4-10-17(18)23-20(26)21(24)12-6-7-13-21/h4-5,10-11,15-16,22H,2-3,6-9,12-14H2,1H3,(H,23,26). The van der Waals surface area contributed by atoms with Crippen LogP contribution in [0.5, 0.6) is 0 Å². The first-order valence-corrected chi connectivity index (χ1v) is 10.1. The number of hydrogen-bond donors (Lipinski definition) is 2. The van der Waals surface area contributed by atoms with Gasteiger partial charge in [0.15, 0.2) is 0 Å². The highest BCUT2D eigenvalue weighted by atomic mass is 16.2. The van der Waals surface area contributed by atoms with Crippen LogP contribution in [0.1, 0.15) is 58.3 Å². The molecule has 2 aliphatic carbocycles. The molecule has 0 radical (unpaired) electrons. The van der Waals surface area contributed by atoms with Gasteiger partial charge < -0.3 is 10.6 Å². The summed E-state index contributed by atoms with van der Waals surface area (Å²) in [6.07, 6.45) is 8.36. The average molecular weight is 355 g/mol. The van der Waals surface area contributed by atoms with E-state index in [-0.39, 0.29) is 11.8 Å². The number of nitrogens with zero attached hydrogens (tertiary/aromatic N) is 1. The highest BCUT2D eigenvalue weighted by Crippen LogP contribution is 2.45. The van der Waals surface area contributed by atoms with Crippen LogP contribution in [0.4, 0.5) is 11.4 Å². The number of rotatable bonds is 3. The summed E-state index contributed by atoms with van der Waals surface area (Å²) in [5.74, 6) is 0.606. The van der Waals surface area contributed by atoms with Crippen LogP contribution >= 0.6 is 0 Å². The summed E-state index contributed by atoms with van der Waals surface area (Å²) >= 11 is 0. The van der Waals surface area contributed by atoms with E-state index in [1.165, 1.54) is 19.3 Å². The SMILES string of the molecule is CC1CCCCC1NCC(=O)N1c2ccccc2NC(=O)C12CCCC2. The van der Waals surface area contributed by atoms with Gasteiger partial charge in [-0.2, -0.15) is 0 Å². The van der Waals surface area contributed by atoms with Crippen molar-refractivity contribution in [2.45, 2.75) is 69.9 Å². The van der Waals surface area contributed by atoms with E-state index in [0.29, 0.717) is 18.5 Å². The van der Waals surface area contributed by atoms with Gasteiger partial charge in [-0.1, -0.05) is 44.7 Å². The third-order valence-corrected chi connectivity index (χ3v) is 6.55. The Kier molecular flexibility index (Phi) is 4.74. The maximum absolute atomic E-state index is 13.3. The molecule has 1 aromatic rings. The molecule has 0 saturated heterocycles. The average Bonchev–Trinajstić information content (AvgIpc) is 3.12. The summed E-state index contributed by atoms with van der Waals surface area (Å²) in [5, 5.41) is 6.53. The van der Waals surface area contributed by atoms with Gasteiger partial charge in [-0.3, -0.25) is 14.5 Å². The van der Waals surface area contributed by atoms with Crippen molar-refractivity contribution < 1.29 is 9.59 Å². The highest BCUT2D eigenvalue weighted by molar-refractivity contribution is 6.15. The molecule has 26 heavy (non-hydrogen) atoms. The third kappa shape index (κ3) is 2.92. The van der Waals surface area contributed by atoms with Gasteiger partial charge >= 0.3 is 0 Å². The first-order chi connectivity index (χ1) is 12.6. The molecule has 1 spiro atoms. The molecule has 1 heterocycles. The molecule has 2 amide bonds. The monoisotopic (exact) mass is 355 g/mol. The zero-order valence-electron chi connectivity index (χ0n) is 15.6. The molecule has 5 nitrogen and oxygen atoms in total. The van der Waals surface area contributed by atoms with Crippen molar-refractivity contribution in [2.24, 2.45) is 5.92 Å². The first kappa shape index (κ1) is 17.5. The van der Waals surface area contributed by atoms with Gasteiger partial charge in [0.25, 0.3) is 5.91 Å². The molecular weight excluding hydrogens is 326 g/mol. The highest BCUT2D eigenvalue weighted by Gasteiger charge is 2.52. The van der Waals surface area contributed by atoms with Crippen LogP contribution in [0.15, 0.2) is 24.3 Å². The van der Waals surface area contributed by atoms with Crippen LogP contribution in [0.2, 0.25) is 0 Å². The Balaban J connectivity index is 1.59. The molecule has 0 bridgehead atoms. The molecule has 140 valence electrons. The van der Waals surface area contributed by atoms with Crippen LogP contribution in [0, 0.1) is 5.92 Å². The molecule has 3 aliphatic rings. The number of amides is 2. The molecule has 0 aromatic heterocycles. The second-order valence-corrected chi connectivity index (χ2v) is 8.19. The fraction of sp³-hybridized carbons (Fsp3) is 0.619. The molecule has 4 rings (SSSR count). The molecule has 2 N–H and O–H groups in total. The molecule has 1 aromatic carbocycles. The van der Waals surface area contributed by atoms with E-state index < -0.39 is 5.54 Å². The lowest BCUT2D eigenvalue weighted by atomic mass is 9.86. The van der Waals surface area contributed by atoms with Gasteiger partial charge in [0.2, 0.25) is 5.91 Å². The minimum absolute atomic E-state index is 0.0203. The topological polar surface area (TPSA) is 61.4 Å². The largest absolute Gasteiger partial charge is 0.322 e.